The van der Waals surface area contributed by atoms with E-state index >= 15 is 0 Å². The summed E-state index contributed by atoms with van der Waals surface area (Å²) in [7, 11) is 0. The molecule has 0 amide bonds. The van der Waals surface area contributed by atoms with Gasteiger partial charge in [-0.1, -0.05) is 12.1 Å². The quantitative estimate of drug-likeness (QED) is 0.415. The van der Waals surface area contributed by atoms with Crippen LogP contribution >= 0.6 is 24.0 Å². The largest absolute Gasteiger partial charge is 0.464 e. The van der Waals surface area contributed by atoms with Crippen molar-refractivity contribution in [1.29, 1.82) is 0 Å². The number of rotatable bonds is 6. The number of hydrogen-bond acceptors (Lipinski definition) is 4. The minimum atomic E-state index is 0. The molecule has 2 heterocycles. The Morgan fingerprint density at radius 1 is 1.35 bits per heavy atom. The second-order valence-corrected chi connectivity index (χ2v) is 5.15. The first-order valence-corrected chi connectivity index (χ1v) is 7.68. The standard InChI is InChI=1S/C16H24N4O2.HI/c1-5-13-9-14(22-20-13)10-18-16(17-6-2)19-12(4)15-8-7-11(3)21-15;/h7-9,12H,5-6,10H2,1-4H3,(H2,17,18,19);1H. The molecule has 0 aliphatic carbocycles. The lowest BCUT2D eigenvalue weighted by Gasteiger charge is -2.15. The molecule has 7 heteroatoms. The lowest BCUT2D eigenvalue weighted by molar-refractivity contribution is 0.379. The third-order valence-electron chi connectivity index (χ3n) is 3.25. The summed E-state index contributed by atoms with van der Waals surface area (Å²) in [6.45, 7) is 9.28. The van der Waals surface area contributed by atoms with Crippen molar-refractivity contribution in [1.82, 2.24) is 15.8 Å². The van der Waals surface area contributed by atoms with Crippen molar-refractivity contribution in [2.24, 2.45) is 4.99 Å². The molecule has 0 bridgehead atoms. The SMILES string of the molecule is CCNC(=NCc1cc(CC)no1)NC(C)c1ccc(C)o1.I. The van der Waals surface area contributed by atoms with Crippen LogP contribution < -0.4 is 10.6 Å². The van der Waals surface area contributed by atoms with E-state index in [1.165, 1.54) is 0 Å². The van der Waals surface area contributed by atoms with E-state index in [1.54, 1.807) is 0 Å². The van der Waals surface area contributed by atoms with Crippen LogP contribution in [0.2, 0.25) is 0 Å². The third kappa shape index (κ3) is 5.89. The molecule has 6 nitrogen and oxygen atoms in total. The molecule has 1 atom stereocenters. The number of aryl methyl sites for hydroxylation is 2. The minimum absolute atomic E-state index is 0. The van der Waals surface area contributed by atoms with Crippen LogP contribution in [0.5, 0.6) is 0 Å². The fourth-order valence-electron chi connectivity index (χ4n) is 2.04. The van der Waals surface area contributed by atoms with Crippen LogP contribution in [-0.4, -0.2) is 17.7 Å². The Bertz CT molecular complexity index is 621. The summed E-state index contributed by atoms with van der Waals surface area (Å²) in [5, 5.41) is 10.5. The van der Waals surface area contributed by atoms with E-state index in [9.17, 15) is 0 Å². The number of aliphatic imine (C=N–C) groups is 1. The van der Waals surface area contributed by atoms with Gasteiger partial charge in [0.1, 0.15) is 18.1 Å². The van der Waals surface area contributed by atoms with Crippen molar-refractivity contribution in [2.45, 2.75) is 46.7 Å². The van der Waals surface area contributed by atoms with Gasteiger partial charge in [-0.3, -0.25) is 0 Å². The molecule has 2 rings (SSSR count). The summed E-state index contributed by atoms with van der Waals surface area (Å²) in [5.74, 6) is 3.27. The Kier molecular flexibility index (Phi) is 8.15. The zero-order valence-corrected chi connectivity index (χ0v) is 16.4. The third-order valence-corrected chi connectivity index (χ3v) is 3.25. The Labute approximate surface area is 154 Å². The van der Waals surface area contributed by atoms with Gasteiger partial charge in [0, 0.05) is 12.6 Å². The van der Waals surface area contributed by atoms with Gasteiger partial charge in [-0.2, -0.15) is 0 Å². The summed E-state index contributed by atoms with van der Waals surface area (Å²) in [4.78, 5) is 4.52. The summed E-state index contributed by atoms with van der Waals surface area (Å²) in [5.41, 5.74) is 0.947. The van der Waals surface area contributed by atoms with Gasteiger partial charge in [-0.15, -0.1) is 24.0 Å². The molecule has 1 unspecified atom stereocenters. The second-order valence-electron chi connectivity index (χ2n) is 5.15. The molecule has 0 spiro atoms. The molecule has 2 aromatic heterocycles. The molecule has 23 heavy (non-hydrogen) atoms. The minimum Gasteiger partial charge on any atom is -0.464 e. The number of guanidine groups is 1. The first-order chi connectivity index (χ1) is 10.6. The van der Waals surface area contributed by atoms with E-state index in [-0.39, 0.29) is 30.0 Å². The van der Waals surface area contributed by atoms with Crippen LogP contribution in [0.25, 0.3) is 0 Å². The molecule has 0 aliphatic rings. The van der Waals surface area contributed by atoms with Gasteiger partial charge in [0.25, 0.3) is 0 Å². The molecule has 0 saturated heterocycles. The van der Waals surface area contributed by atoms with Crippen LogP contribution in [0.1, 0.15) is 49.8 Å². The van der Waals surface area contributed by atoms with Crippen LogP contribution in [0, 0.1) is 6.92 Å². The van der Waals surface area contributed by atoms with Crippen molar-refractivity contribution in [2.75, 3.05) is 6.54 Å². The summed E-state index contributed by atoms with van der Waals surface area (Å²) < 4.78 is 10.9. The number of aromatic nitrogens is 1. The topological polar surface area (TPSA) is 75.6 Å². The van der Waals surface area contributed by atoms with E-state index in [4.69, 9.17) is 8.94 Å². The average molecular weight is 432 g/mol. The van der Waals surface area contributed by atoms with Crippen molar-refractivity contribution in [3.63, 3.8) is 0 Å². The highest BCUT2D eigenvalue weighted by atomic mass is 127. The van der Waals surface area contributed by atoms with Crippen LogP contribution in [-0.2, 0) is 13.0 Å². The fourth-order valence-corrected chi connectivity index (χ4v) is 2.04. The molecule has 0 aromatic carbocycles. The number of hydrogen-bond donors (Lipinski definition) is 2. The van der Waals surface area contributed by atoms with Gasteiger partial charge in [0.2, 0.25) is 0 Å². The van der Waals surface area contributed by atoms with Crippen molar-refractivity contribution in [3.05, 3.63) is 41.2 Å². The van der Waals surface area contributed by atoms with Crippen LogP contribution in [0.15, 0.2) is 32.1 Å². The Hall–Kier alpha value is -1.51. The maximum absolute atomic E-state index is 5.63. The van der Waals surface area contributed by atoms with Crippen molar-refractivity contribution < 1.29 is 8.94 Å². The van der Waals surface area contributed by atoms with Crippen molar-refractivity contribution in [3.8, 4) is 0 Å². The first kappa shape index (κ1) is 19.5. The number of nitrogens with one attached hydrogen (secondary N) is 2. The highest BCUT2D eigenvalue weighted by Gasteiger charge is 2.11. The van der Waals surface area contributed by atoms with Gasteiger partial charge in [-0.05, 0) is 39.3 Å². The van der Waals surface area contributed by atoms with Gasteiger partial charge in [-0.25, -0.2) is 4.99 Å². The number of nitrogens with zero attached hydrogens (tertiary/aromatic N) is 2. The molecular weight excluding hydrogens is 407 g/mol. The maximum atomic E-state index is 5.63. The van der Waals surface area contributed by atoms with E-state index in [1.807, 2.05) is 45.9 Å². The van der Waals surface area contributed by atoms with E-state index < -0.39 is 0 Å². The van der Waals surface area contributed by atoms with Gasteiger partial charge < -0.3 is 19.6 Å². The summed E-state index contributed by atoms with van der Waals surface area (Å²) >= 11 is 0. The normalized spacial score (nSPS) is 12.6. The van der Waals surface area contributed by atoms with Crippen molar-refractivity contribution >= 4 is 29.9 Å². The molecule has 0 radical (unpaired) electrons. The van der Waals surface area contributed by atoms with Gasteiger partial charge >= 0.3 is 0 Å². The molecule has 2 N–H and O–H groups in total. The number of furan rings is 1. The Morgan fingerprint density at radius 2 is 2.13 bits per heavy atom. The van der Waals surface area contributed by atoms with Crippen LogP contribution in [0.4, 0.5) is 0 Å². The van der Waals surface area contributed by atoms with Crippen LogP contribution in [0.3, 0.4) is 0 Å². The predicted octanol–water partition coefficient (Wildman–Crippen LogP) is 3.57. The maximum Gasteiger partial charge on any atom is 0.192 e. The van der Waals surface area contributed by atoms with Gasteiger partial charge in [0.15, 0.2) is 11.7 Å². The molecular formula is C16H25IN4O2. The highest BCUT2D eigenvalue weighted by Crippen LogP contribution is 2.15. The zero-order chi connectivity index (χ0) is 15.9. The van der Waals surface area contributed by atoms with E-state index in [0.717, 1.165) is 41.9 Å². The average Bonchev–Trinajstić information content (AvgIpc) is 3.13. The second kappa shape index (κ2) is 9.59. The molecule has 128 valence electrons. The van der Waals surface area contributed by atoms with Gasteiger partial charge in [0.05, 0.1) is 11.7 Å². The monoisotopic (exact) mass is 432 g/mol. The summed E-state index contributed by atoms with van der Waals surface area (Å²) in [6.07, 6.45) is 0.862. The van der Waals surface area contributed by atoms with E-state index in [2.05, 4.69) is 20.8 Å². The Balaban J connectivity index is 0.00000264. The lowest BCUT2D eigenvalue weighted by Crippen LogP contribution is -2.38. The summed E-state index contributed by atoms with van der Waals surface area (Å²) in [6, 6.07) is 5.90. The molecule has 2 aromatic rings. The lowest BCUT2D eigenvalue weighted by atomic mass is 10.2. The Morgan fingerprint density at radius 3 is 2.70 bits per heavy atom. The van der Waals surface area contributed by atoms with E-state index in [0.29, 0.717) is 6.54 Å². The fraction of sp³-hybridized carbons (Fsp3) is 0.500. The molecule has 0 aliphatic heterocycles. The number of halogens is 1. The smallest absolute Gasteiger partial charge is 0.192 e. The predicted molar refractivity (Wildman–Crippen MR) is 101 cm³/mol. The molecule has 0 fully saturated rings. The highest BCUT2D eigenvalue weighted by molar-refractivity contribution is 14.0. The zero-order valence-electron chi connectivity index (χ0n) is 14.0. The molecule has 0 saturated carbocycles. The first-order valence-electron chi connectivity index (χ1n) is 7.68.